The van der Waals surface area contributed by atoms with Crippen molar-refractivity contribution in [2.24, 2.45) is 5.92 Å². The normalized spacial score (nSPS) is 22.8. The molecule has 1 amide bonds. The molecule has 6 heteroatoms. The number of rotatable bonds is 3. The number of carbonyl (C=O) groups is 1. The molecule has 1 fully saturated rings. The van der Waals surface area contributed by atoms with E-state index in [0.717, 1.165) is 25.5 Å². The number of hydrogen-bond acceptors (Lipinski definition) is 3. The maximum Gasteiger partial charge on any atom is 0.251 e. The SMILES string of the molecule is CC1CCC(NC(=O)c2ccc(Cl)c(S(C)(=O)=O)c2)C1. The average molecular weight is 316 g/mol. The van der Waals surface area contributed by atoms with Crippen LogP contribution in [0.25, 0.3) is 0 Å². The monoisotopic (exact) mass is 315 g/mol. The van der Waals surface area contributed by atoms with Crippen LogP contribution in [-0.4, -0.2) is 26.6 Å². The molecule has 2 rings (SSSR count). The molecule has 1 aromatic carbocycles. The van der Waals surface area contributed by atoms with Crippen LogP contribution < -0.4 is 5.32 Å². The van der Waals surface area contributed by atoms with E-state index in [2.05, 4.69) is 12.2 Å². The van der Waals surface area contributed by atoms with Crippen molar-refractivity contribution in [1.82, 2.24) is 5.32 Å². The summed E-state index contributed by atoms with van der Waals surface area (Å²) in [5.74, 6) is 0.378. The van der Waals surface area contributed by atoms with Gasteiger partial charge in [-0.15, -0.1) is 0 Å². The molecule has 0 spiro atoms. The summed E-state index contributed by atoms with van der Waals surface area (Å²) in [4.78, 5) is 12.1. The highest BCUT2D eigenvalue weighted by Gasteiger charge is 2.24. The largest absolute Gasteiger partial charge is 0.349 e. The van der Waals surface area contributed by atoms with Gasteiger partial charge in [0.2, 0.25) is 0 Å². The number of benzene rings is 1. The van der Waals surface area contributed by atoms with Gasteiger partial charge < -0.3 is 5.32 Å². The first kappa shape index (κ1) is 15.3. The second-order valence-corrected chi connectivity index (χ2v) is 7.90. The van der Waals surface area contributed by atoms with Crippen molar-refractivity contribution in [2.75, 3.05) is 6.26 Å². The molecule has 110 valence electrons. The van der Waals surface area contributed by atoms with Gasteiger partial charge in [-0.3, -0.25) is 4.79 Å². The van der Waals surface area contributed by atoms with Crippen molar-refractivity contribution in [3.05, 3.63) is 28.8 Å². The summed E-state index contributed by atoms with van der Waals surface area (Å²) >= 11 is 5.86. The number of halogens is 1. The third-order valence-electron chi connectivity index (χ3n) is 3.62. The van der Waals surface area contributed by atoms with E-state index in [1.165, 1.54) is 12.1 Å². The molecule has 2 unspecified atom stereocenters. The lowest BCUT2D eigenvalue weighted by molar-refractivity contribution is 0.0937. The van der Waals surface area contributed by atoms with E-state index < -0.39 is 9.84 Å². The molecule has 0 bridgehead atoms. The molecule has 1 aromatic rings. The fourth-order valence-electron chi connectivity index (χ4n) is 2.54. The fourth-order valence-corrected chi connectivity index (χ4v) is 3.84. The van der Waals surface area contributed by atoms with Crippen LogP contribution in [0.1, 0.15) is 36.5 Å². The number of hydrogen-bond donors (Lipinski definition) is 1. The minimum Gasteiger partial charge on any atom is -0.349 e. The van der Waals surface area contributed by atoms with Gasteiger partial charge in [0.1, 0.15) is 0 Å². The molecule has 0 aliphatic heterocycles. The lowest BCUT2D eigenvalue weighted by atomic mass is 10.1. The van der Waals surface area contributed by atoms with Crippen LogP contribution in [0, 0.1) is 5.92 Å². The summed E-state index contributed by atoms with van der Waals surface area (Å²) in [5, 5.41) is 3.08. The molecule has 1 aliphatic carbocycles. The van der Waals surface area contributed by atoms with Crippen molar-refractivity contribution >= 4 is 27.3 Å². The van der Waals surface area contributed by atoms with Crippen LogP contribution in [0.2, 0.25) is 5.02 Å². The molecular weight excluding hydrogens is 298 g/mol. The van der Waals surface area contributed by atoms with Gasteiger partial charge in [0.15, 0.2) is 9.84 Å². The Morgan fingerprint density at radius 1 is 1.35 bits per heavy atom. The van der Waals surface area contributed by atoms with Crippen LogP contribution in [0.3, 0.4) is 0 Å². The average Bonchev–Trinajstić information content (AvgIpc) is 2.73. The first-order chi connectivity index (χ1) is 9.27. The van der Waals surface area contributed by atoms with E-state index in [9.17, 15) is 13.2 Å². The smallest absolute Gasteiger partial charge is 0.251 e. The van der Waals surface area contributed by atoms with Crippen molar-refractivity contribution in [2.45, 2.75) is 37.1 Å². The number of sulfone groups is 1. The van der Waals surface area contributed by atoms with Gasteiger partial charge in [-0.25, -0.2) is 8.42 Å². The van der Waals surface area contributed by atoms with Gasteiger partial charge >= 0.3 is 0 Å². The Hall–Kier alpha value is -1.07. The summed E-state index contributed by atoms with van der Waals surface area (Å²) in [6, 6.07) is 4.51. The molecule has 1 saturated carbocycles. The molecule has 0 radical (unpaired) electrons. The third-order valence-corrected chi connectivity index (χ3v) is 5.20. The van der Waals surface area contributed by atoms with Gasteiger partial charge in [0, 0.05) is 17.9 Å². The minimum absolute atomic E-state index is 0.00777. The van der Waals surface area contributed by atoms with E-state index in [-0.39, 0.29) is 21.9 Å². The van der Waals surface area contributed by atoms with Crippen molar-refractivity contribution < 1.29 is 13.2 Å². The third kappa shape index (κ3) is 3.52. The molecule has 0 aromatic heterocycles. The maximum atomic E-state index is 12.1. The standard InChI is InChI=1S/C14H18ClNO3S/c1-9-3-5-11(7-9)16-14(17)10-4-6-12(15)13(8-10)20(2,18)19/h4,6,8-9,11H,3,5,7H2,1-2H3,(H,16,17). The van der Waals surface area contributed by atoms with E-state index >= 15 is 0 Å². The highest BCUT2D eigenvalue weighted by molar-refractivity contribution is 7.90. The predicted molar refractivity (Wildman–Crippen MR) is 78.8 cm³/mol. The van der Waals surface area contributed by atoms with Gasteiger partial charge in [-0.2, -0.15) is 0 Å². The Morgan fingerprint density at radius 3 is 2.60 bits per heavy atom. The molecule has 1 aliphatic rings. The summed E-state index contributed by atoms with van der Waals surface area (Å²) < 4.78 is 23.2. The van der Waals surface area contributed by atoms with Gasteiger partial charge in [0.05, 0.1) is 9.92 Å². The first-order valence-electron chi connectivity index (χ1n) is 6.58. The topological polar surface area (TPSA) is 63.2 Å². The van der Waals surface area contributed by atoms with Crippen molar-refractivity contribution in [3.63, 3.8) is 0 Å². The summed E-state index contributed by atoms with van der Waals surface area (Å²) in [6.45, 7) is 2.16. The van der Waals surface area contributed by atoms with E-state index in [1.54, 1.807) is 6.07 Å². The van der Waals surface area contributed by atoms with Gasteiger partial charge in [-0.1, -0.05) is 18.5 Å². The van der Waals surface area contributed by atoms with Crippen LogP contribution in [0.5, 0.6) is 0 Å². The molecule has 4 nitrogen and oxygen atoms in total. The van der Waals surface area contributed by atoms with Crippen molar-refractivity contribution in [1.29, 1.82) is 0 Å². The highest BCUT2D eigenvalue weighted by atomic mass is 35.5. The first-order valence-corrected chi connectivity index (χ1v) is 8.85. The Kier molecular flexibility index (Phi) is 4.39. The quantitative estimate of drug-likeness (QED) is 0.932. The number of carbonyl (C=O) groups excluding carboxylic acids is 1. The zero-order chi connectivity index (χ0) is 14.9. The molecule has 1 N–H and O–H groups in total. The Bertz CT molecular complexity index is 627. The molecule has 20 heavy (non-hydrogen) atoms. The molecule has 0 heterocycles. The maximum absolute atomic E-state index is 12.1. The summed E-state index contributed by atoms with van der Waals surface area (Å²) in [5.41, 5.74) is 0.328. The second-order valence-electron chi connectivity index (χ2n) is 5.51. The zero-order valence-corrected chi connectivity index (χ0v) is 13.1. The number of amides is 1. The lowest BCUT2D eigenvalue weighted by Gasteiger charge is -2.13. The fraction of sp³-hybridized carbons (Fsp3) is 0.500. The number of nitrogens with one attached hydrogen (secondary N) is 1. The van der Waals surface area contributed by atoms with Gasteiger partial charge in [0.25, 0.3) is 5.91 Å². The van der Waals surface area contributed by atoms with Crippen molar-refractivity contribution in [3.8, 4) is 0 Å². The Labute approximate surface area is 124 Å². The predicted octanol–water partition coefficient (Wildman–Crippen LogP) is 2.66. The summed E-state index contributed by atoms with van der Waals surface area (Å²) in [6.07, 6.45) is 4.13. The van der Waals surface area contributed by atoms with Crippen LogP contribution in [0.4, 0.5) is 0 Å². The van der Waals surface area contributed by atoms with Gasteiger partial charge in [-0.05, 0) is 43.4 Å². The lowest BCUT2D eigenvalue weighted by Crippen LogP contribution is -2.32. The van der Waals surface area contributed by atoms with E-state index in [1.807, 2.05) is 0 Å². The van der Waals surface area contributed by atoms with Crippen LogP contribution in [-0.2, 0) is 9.84 Å². The van der Waals surface area contributed by atoms with Crippen LogP contribution in [0.15, 0.2) is 23.1 Å². The van der Waals surface area contributed by atoms with Crippen LogP contribution >= 0.6 is 11.6 Å². The second kappa shape index (κ2) is 5.74. The molecule has 2 atom stereocenters. The highest BCUT2D eigenvalue weighted by Crippen LogP contribution is 2.26. The Morgan fingerprint density at radius 2 is 2.05 bits per heavy atom. The molecule has 0 saturated heterocycles. The van der Waals surface area contributed by atoms with E-state index in [4.69, 9.17) is 11.6 Å². The Balaban J connectivity index is 2.19. The molecular formula is C14H18ClNO3S. The summed E-state index contributed by atoms with van der Waals surface area (Å²) in [7, 11) is -3.44. The minimum atomic E-state index is -3.44. The zero-order valence-electron chi connectivity index (χ0n) is 11.5. The van der Waals surface area contributed by atoms with E-state index in [0.29, 0.717) is 11.5 Å².